The first-order chi connectivity index (χ1) is 11.3. The molecule has 4 aromatic rings. The van der Waals surface area contributed by atoms with Gasteiger partial charge in [0.15, 0.2) is 5.65 Å². The topological polar surface area (TPSA) is 61.5 Å². The highest BCUT2D eigenvalue weighted by Gasteiger charge is 2.15. The molecule has 0 amide bonds. The number of hydrogen-bond donors (Lipinski definition) is 0. The van der Waals surface area contributed by atoms with Crippen molar-refractivity contribution in [1.29, 1.82) is 0 Å². The second-order valence-electron chi connectivity index (χ2n) is 5.06. The van der Waals surface area contributed by atoms with Gasteiger partial charge in [-0.3, -0.25) is 0 Å². The number of ether oxygens (including phenoxy) is 2. The molecular formula is C17H14N4O2. The Morgan fingerprint density at radius 2 is 1.78 bits per heavy atom. The number of hydrogen-bond acceptors (Lipinski definition) is 5. The van der Waals surface area contributed by atoms with E-state index in [1.807, 2.05) is 42.5 Å². The van der Waals surface area contributed by atoms with Gasteiger partial charge in [0.05, 0.1) is 14.2 Å². The van der Waals surface area contributed by atoms with Crippen LogP contribution in [-0.4, -0.2) is 34.0 Å². The second kappa shape index (κ2) is 5.24. The summed E-state index contributed by atoms with van der Waals surface area (Å²) in [7, 11) is 3.28. The third-order valence-corrected chi connectivity index (χ3v) is 3.82. The summed E-state index contributed by atoms with van der Waals surface area (Å²) in [5, 5.41) is 14.8. The first-order valence-electron chi connectivity index (χ1n) is 7.13. The van der Waals surface area contributed by atoms with Gasteiger partial charge in [0.2, 0.25) is 0 Å². The largest absolute Gasteiger partial charge is 0.497 e. The molecule has 6 nitrogen and oxygen atoms in total. The monoisotopic (exact) mass is 306 g/mol. The van der Waals surface area contributed by atoms with Gasteiger partial charge in [0.1, 0.15) is 23.5 Å². The Morgan fingerprint density at radius 1 is 0.957 bits per heavy atom. The highest BCUT2D eigenvalue weighted by Crippen LogP contribution is 2.36. The standard InChI is InChI=1S/C17H14N4O2/c1-22-11-7-8-15(23-2)14(9-11)16-12-5-3-4-6-13(12)17-19-18-10-21(17)20-16/h3-10H,1-2H3. The first-order valence-corrected chi connectivity index (χ1v) is 7.13. The minimum absolute atomic E-state index is 0.728. The quantitative estimate of drug-likeness (QED) is 0.582. The number of nitrogens with zero attached hydrogens (tertiary/aromatic N) is 4. The van der Waals surface area contributed by atoms with Gasteiger partial charge in [-0.15, -0.1) is 10.2 Å². The summed E-state index contributed by atoms with van der Waals surface area (Å²) in [4.78, 5) is 0. The molecule has 6 heteroatoms. The van der Waals surface area contributed by atoms with Crippen LogP contribution in [0.25, 0.3) is 27.7 Å². The fourth-order valence-corrected chi connectivity index (χ4v) is 2.72. The highest BCUT2D eigenvalue weighted by molar-refractivity contribution is 6.02. The average molecular weight is 306 g/mol. The molecule has 0 fully saturated rings. The van der Waals surface area contributed by atoms with E-state index in [-0.39, 0.29) is 0 Å². The Kier molecular flexibility index (Phi) is 3.08. The Labute approximate surface area is 132 Å². The van der Waals surface area contributed by atoms with Crippen LogP contribution in [0.15, 0.2) is 48.8 Å². The molecule has 114 valence electrons. The Hall–Kier alpha value is -3.15. The van der Waals surface area contributed by atoms with Gasteiger partial charge in [-0.25, -0.2) is 0 Å². The molecule has 2 aromatic heterocycles. The van der Waals surface area contributed by atoms with Crippen molar-refractivity contribution in [2.75, 3.05) is 14.2 Å². The van der Waals surface area contributed by atoms with Gasteiger partial charge in [-0.1, -0.05) is 24.3 Å². The number of methoxy groups -OCH3 is 2. The summed E-state index contributed by atoms with van der Waals surface area (Å²) >= 11 is 0. The van der Waals surface area contributed by atoms with E-state index < -0.39 is 0 Å². The number of benzene rings is 2. The summed E-state index contributed by atoms with van der Waals surface area (Å²) in [6, 6.07) is 13.6. The normalized spacial score (nSPS) is 11.0. The van der Waals surface area contributed by atoms with Crippen LogP contribution in [0.3, 0.4) is 0 Å². The van der Waals surface area contributed by atoms with E-state index in [1.54, 1.807) is 25.1 Å². The zero-order chi connectivity index (χ0) is 15.8. The SMILES string of the molecule is COc1ccc(OC)c(-c2nn3cnnc3c3ccccc23)c1. The lowest BCUT2D eigenvalue weighted by Gasteiger charge is -2.12. The Morgan fingerprint density at radius 3 is 2.57 bits per heavy atom. The molecule has 0 spiro atoms. The molecule has 4 rings (SSSR count). The zero-order valence-electron chi connectivity index (χ0n) is 12.7. The summed E-state index contributed by atoms with van der Waals surface area (Å²) in [6.07, 6.45) is 1.60. The highest BCUT2D eigenvalue weighted by atomic mass is 16.5. The van der Waals surface area contributed by atoms with Crippen molar-refractivity contribution in [2.24, 2.45) is 0 Å². The Bertz CT molecular complexity index is 1010. The van der Waals surface area contributed by atoms with E-state index in [1.165, 1.54) is 0 Å². The Balaban J connectivity index is 2.12. The van der Waals surface area contributed by atoms with Crippen molar-refractivity contribution in [3.63, 3.8) is 0 Å². The van der Waals surface area contributed by atoms with Gasteiger partial charge in [0, 0.05) is 16.3 Å². The van der Waals surface area contributed by atoms with Crippen molar-refractivity contribution < 1.29 is 9.47 Å². The van der Waals surface area contributed by atoms with Crippen molar-refractivity contribution in [1.82, 2.24) is 19.8 Å². The lowest BCUT2D eigenvalue weighted by Crippen LogP contribution is -1.98. The van der Waals surface area contributed by atoms with E-state index >= 15 is 0 Å². The van der Waals surface area contributed by atoms with Crippen molar-refractivity contribution >= 4 is 16.4 Å². The lowest BCUT2D eigenvalue weighted by atomic mass is 10.0. The maximum absolute atomic E-state index is 5.51. The minimum Gasteiger partial charge on any atom is -0.497 e. The van der Waals surface area contributed by atoms with Crippen LogP contribution >= 0.6 is 0 Å². The van der Waals surface area contributed by atoms with E-state index in [4.69, 9.17) is 9.47 Å². The summed E-state index contributed by atoms with van der Waals surface area (Å²) < 4.78 is 12.5. The predicted molar refractivity (Wildman–Crippen MR) is 86.8 cm³/mol. The van der Waals surface area contributed by atoms with Gasteiger partial charge in [-0.05, 0) is 18.2 Å². The van der Waals surface area contributed by atoms with Crippen molar-refractivity contribution in [2.45, 2.75) is 0 Å². The number of aromatic nitrogens is 4. The van der Waals surface area contributed by atoms with Crippen molar-refractivity contribution in [3.8, 4) is 22.8 Å². The molecule has 0 aliphatic heterocycles. The predicted octanol–water partition coefficient (Wildman–Crippen LogP) is 2.96. The van der Waals surface area contributed by atoms with Gasteiger partial charge in [0.25, 0.3) is 0 Å². The van der Waals surface area contributed by atoms with Crippen LogP contribution in [-0.2, 0) is 0 Å². The molecule has 2 heterocycles. The average Bonchev–Trinajstić information content (AvgIpc) is 3.09. The molecule has 0 bridgehead atoms. The molecule has 0 saturated carbocycles. The van der Waals surface area contributed by atoms with Crippen LogP contribution in [0, 0.1) is 0 Å². The molecule has 2 aromatic carbocycles. The van der Waals surface area contributed by atoms with Crippen LogP contribution in [0.2, 0.25) is 0 Å². The zero-order valence-corrected chi connectivity index (χ0v) is 12.7. The van der Waals surface area contributed by atoms with E-state index in [2.05, 4.69) is 15.3 Å². The van der Waals surface area contributed by atoms with Gasteiger partial charge >= 0.3 is 0 Å². The van der Waals surface area contributed by atoms with Gasteiger partial charge < -0.3 is 9.47 Å². The van der Waals surface area contributed by atoms with E-state index in [9.17, 15) is 0 Å². The molecule has 0 aliphatic carbocycles. The van der Waals surface area contributed by atoms with E-state index in [0.29, 0.717) is 0 Å². The second-order valence-corrected chi connectivity index (χ2v) is 5.06. The third kappa shape index (κ3) is 2.07. The molecular weight excluding hydrogens is 292 g/mol. The molecule has 0 unspecified atom stereocenters. The summed E-state index contributed by atoms with van der Waals surface area (Å²) in [6.45, 7) is 0. The molecule has 0 N–H and O–H groups in total. The third-order valence-electron chi connectivity index (χ3n) is 3.82. The smallest absolute Gasteiger partial charge is 0.185 e. The molecule has 0 saturated heterocycles. The minimum atomic E-state index is 0.728. The van der Waals surface area contributed by atoms with Crippen LogP contribution in [0.5, 0.6) is 11.5 Å². The van der Waals surface area contributed by atoms with Gasteiger partial charge in [-0.2, -0.15) is 9.61 Å². The lowest BCUT2D eigenvalue weighted by molar-refractivity contribution is 0.404. The summed E-state index contributed by atoms with van der Waals surface area (Å²) in [5.41, 5.74) is 2.38. The molecule has 23 heavy (non-hydrogen) atoms. The fourth-order valence-electron chi connectivity index (χ4n) is 2.72. The maximum atomic E-state index is 5.51. The first kappa shape index (κ1) is 13.5. The summed E-state index contributed by atoms with van der Waals surface area (Å²) in [5.74, 6) is 1.48. The van der Waals surface area contributed by atoms with Crippen LogP contribution < -0.4 is 9.47 Å². The molecule has 0 atom stereocenters. The molecule has 0 radical (unpaired) electrons. The van der Waals surface area contributed by atoms with Crippen LogP contribution in [0.1, 0.15) is 0 Å². The number of fused-ring (bicyclic) bond motifs is 3. The maximum Gasteiger partial charge on any atom is 0.185 e. The fraction of sp³-hybridized carbons (Fsp3) is 0.118. The number of rotatable bonds is 3. The van der Waals surface area contributed by atoms with Crippen LogP contribution in [0.4, 0.5) is 0 Å². The van der Waals surface area contributed by atoms with Crippen molar-refractivity contribution in [3.05, 3.63) is 48.8 Å². The van der Waals surface area contributed by atoms with E-state index in [0.717, 1.165) is 39.2 Å². The molecule has 0 aliphatic rings.